The van der Waals surface area contributed by atoms with Gasteiger partial charge in [-0.2, -0.15) is 16.8 Å². The monoisotopic (exact) mass is 354 g/mol. The van der Waals surface area contributed by atoms with Crippen molar-refractivity contribution in [3.63, 3.8) is 0 Å². The predicted octanol–water partition coefficient (Wildman–Crippen LogP) is 0.790. The Labute approximate surface area is 133 Å². The maximum Gasteiger partial charge on any atom is 0.218 e. The van der Waals surface area contributed by atoms with E-state index in [1.165, 1.54) is 11.3 Å². The molecule has 0 bridgehead atoms. The molecule has 0 saturated carbocycles. The zero-order valence-electron chi connectivity index (χ0n) is 11.1. The maximum atomic E-state index is 11.6. The second-order valence-corrected chi connectivity index (χ2v) is 7.59. The summed E-state index contributed by atoms with van der Waals surface area (Å²) in [6.07, 6.45) is 1.67. The highest BCUT2D eigenvalue weighted by molar-refractivity contribution is 7.75. The lowest BCUT2D eigenvalue weighted by atomic mass is 9.87. The lowest BCUT2D eigenvalue weighted by Gasteiger charge is -2.20. The molecule has 1 heterocycles. The summed E-state index contributed by atoms with van der Waals surface area (Å²) in [5.41, 5.74) is 8.11. The zero-order valence-corrected chi connectivity index (χ0v) is 13.6. The molecule has 0 aliphatic heterocycles. The minimum absolute atomic E-state index is 0.0398. The van der Waals surface area contributed by atoms with Gasteiger partial charge in [0.05, 0.1) is 9.73 Å². The topological polar surface area (TPSA) is 107 Å². The van der Waals surface area contributed by atoms with E-state index in [0.29, 0.717) is 27.4 Å². The largest absolute Gasteiger partial charge is 0.398 e. The summed E-state index contributed by atoms with van der Waals surface area (Å²) in [6.45, 7) is 0. The molecule has 0 amide bonds. The average Bonchev–Trinajstić information content (AvgIpc) is 2.99. The number of hydrogen-bond donors (Lipinski definition) is 1. The van der Waals surface area contributed by atoms with Gasteiger partial charge in [0.1, 0.15) is 5.01 Å². The third kappa shape index (κ3) is 2.47. The van der Waals surface area contributed by atoms with Gasteiger partial charge in [-0.1, -0.05) is 6.07 Å². The van der Waals surface area contributed by atoms with Crippen LogP contribution in [0.3, 0.4) is 0 Å². The van der Waals surface area contributed by atoms with Gasteiger partial charge in [-0.3, -0.25) is 0 Å². The molecule has 0 radical (unpaired) electrons. The first kappa shape index (κ1) is 14.9. The number of aromatic nitrogens is 1. The van der Waals surface area contributed by atoms with Crippen LogP contribution in [0.1, 0.15) is 17.5 Å². The number of thiazole rings is 1. The van der Waals surface area contributed by atoms with Crippen molar-refractivity contribution < 1.29 is 16.8 Å². The smallest absolute Gasteiger partial charge is 0.218 e. The van der Waals surface area contributed by atoms with Crippen LogP contribution in [0, 0.1) is 0 Å². The third-order valence-corrected chi connectivity index (χ3v) is 5.73. The minimum Gasteiger partial charge on any atom is -0.398 e. The Balaban J connectivity index is 2.43. The summed E-state index contributed by atoms with van der Waals surface area (Å²) < 4.78 is 45.7. The van der Waals surface area contributed by atoms with Crippen molar-refractivity contribution in [1.82, 2.24) is 4.98 Å². The van der Waals surface area contributed by atoms with Gasteiger partial charge in [-0.05, 0) is 11.6 Å². The number of nitrogens with two attached hydrogens (primary N) is 1. The van der Waals surface area contributed by atoms with Crippen molar-refractivity contribution in [2.24, 2.45) is 0 Å². The van der Waals surface area contributed by atoms with E-state index in [-0.39, 0.29) is 22.6 Å². The van der Waals surface area contributed by atoms with E-state index < -0.39 is 20.6 Å². The highest BCUT2D eigenvalue weighted by Crippen LogP contribution is 2.36. The first-order valence-electron chi connectivity index (χ1n) is 6.19. The van der Waals surface area contributed by atoms with Gasteiger partial charge in [-0.15, -0.1) is 11.3 Å². The predicted molar refractivity (Wildman–Crippen MR) is 87.2 cm³/mol. The summed E-state index contributed by atoms with van der Waals surface area (Å²) in [4.78, 5) is 4.39. The summed E-state index contributed by atoms with van der Waals surface area (Å²) in [6, 6.07) is 3.32. The highest BCUT2D eigenvalue weighted by Gasteiger charge is 2.27. The Kier molecular flexibility index (Phi) is 3.85. The molecular formula is C13H10N2O4S3. The van der Waals surface area contributed by atoms with E-state index in [1.807, 2.05) is 0 Å². The van der Waals surface area contributed by atoms with Crippen LogP contribution in [0.4, 0.5) is 5.69 Å². The van der Waals surface area contributed by atoms with Gasteiger partial charge < -0.3 is 5.73 Å². The second kappa shape index (κ2) is 5.67. The first-order valence-corrected chi connectivity index (χ1v) is 9.22. The number of rotatable bonds is 1. The van der Waals surface area contributed by atoms with Crippen molar-refractivity contribution in [2.45, 2.75) is 12.8 Å². The summed E-state index contributed by atoms with van der Waals surface area (Å²) >= 11 is 1.35. The Morgan fingerprint density at radius 2 is 1.82 bits per heavy atom. The average molecular weight is 354 g/mol. The number of fused-ring (bicyclic) bond motifs is 1. The summed E-state index contributed by atoms with van der Waals surface area (Å²) in [7, 11) is -4.95. The Morgan fingerprint density at radius 1 is 1.05 bits per heavy atom. The zero-order chi connectivity index (χ0) is 15.9. The van der Waals surface area contributed by atoms with Crippen LogP contribution < -0.4 is 5.73 Å². The fraction of sp³-hybridized carbons (Fsp3) is 0.154. The Hall–Kier alpha value is -1.97. The van der Waals surface area contributed by atoms with Crippen LogP contribution in [0.2, 0.25) is 0 Å². The number of benzene rings is 1. The van der Waals surface area contributed by atoms with E-state index in [0.717, 1.165) is 0 Å². The van der Waals surface area contributed by atoms with Gasteiger partial charge in [0, 0.05) is 41.2 Å². The van der Waals surface area contributed by atoms with Crippen LogP contribution in [-0.2, 0) is 27.0 Å². The molecule has 3 rings (SSSR count). The van der Waals surface area contributed by atoms with Gasteiger partial charge in [0.2, 0.25) is 20.6 Å². The minimum atomic E-state index is -2.54. The molecule has 1 aliphatic rings. The molecule has 1 aliphatic carbocycles. The van der Waals surface area contributed by atoms with E-state index in [1.54, 1.807) is 23.7 Å². The SMILES string of the molecule is Nc1ccc2c(c1-c1nccs1)C(=S(=O)=O)CC(=S(=O)=O)C2. The molecule has 2 aromatic rings. The first-order chi connectivity index (χ1) is 10.5. The molecule has 0 unspecified atom stereocenters. The third-order valence-electron chi connectivity index (χ3n) is 3.43. The molecule has 114 valence electrons. The van der Waals surface area contributed by atoms with Crippen LogP contribution in [0.5, 0.6) is 0 Å². The molecule has 2 N–H and O–H groups in total. The fourth-order valence-electron chi connectivity index (χ4n) is 2.51. The van der Waals surface area contributed by atoms with Crippen LogP contribution in [0.15, 0.2) is 23.7 Å². The molecule has 0 atom stereocenters. The van der Waals surface area contributed by atoms with Crippen molar-refractivity contribution in [3.05, 3.63) is 34.8 Å². The standard InChI is InChI=1S/C13H10N2O4S3/c14-9-2-1-7-5-8(21(16)17)6-10(22(18)19)11(7)12(9)13-15-3-4-20-13/h1-4H,5-6,14H2. The fourth-order valence-corrected chi connectivity index (χ4v) is 4.54. The van der Waals surface area contributed by atoms with E-state index in [4.69, 9.17) is 5.73 Å². The maximum absolute atomic E-state index is 11.6. The normalized spacial score (nSPS) is 13.8. The van der Waals surface area contributed by atoms with Gasteiger partial charge in [0.25, 0.3) is 0 Å². The van der Waals surface area contributed by atoms with E-state index >= 15 is 0 Å². The van der Waals surface area contributed by atoms with Gasteiger partial charge in [0.15, 0.2) is 0 Å². The Bertz CT molecular complexity index is 1020. The second-order valence-electron chi connectivity index (χ2n) is 4.69. The molecule has 22 heavy (non-hydrogen) atoms. The van der Waals surface area contributed by atoms with Crippen molar-refractivity contribution >= 4 is 47.3 Å². The number of hydrogen-bond acceptors (Lipinski definition) is 7. The molecule has 1 aromatic heterocycles. The molecule has 0 fully saturated rings. The van der Waals surface area contributed by atoms with Gasteiger partial charge >= 0.3 is 0 Å². The lowest BCUT2D eigenvalue weighted by Crippen LogP contribution is -2.23. The van der Waals surface area contributed by atoms with E-state index in [2.05, 4.69) is 4.98 Å². The van der Waals surface area contributed by atoms with Crippen molar-refractivity contribution in [1.29, 1.82) is 0 Å². The van der Waals surface area contributed by atoms with Crippen LogP contribution in [0.25, 0.3) is 10.6 Å². The number of anilines is 1. The Morgan fingerprint density at radius 3 is 2.41 bits per heavy atom. The lowest BCUT2D eigenvalue weighted by molar-refractivity contribution is 0.626. The summed E-state index contributed by atoms with van der Waals surface area (Å²) in [5.74, 6) is 0. The highest BCUT2D eigenvalue weighted by atomic mass is 32.2. The number of nitrogen functional groups attached to an aromatic ring is 1. The molecule has 1 aromatic carbocycles. The molecule has 9 heteroatoms. The molecule has 0 saturated heterocycles. The molecule has 6 nitrogen and oxygen atoms in total. The quantitative estimate of drug-likeness (QED) is 0.599. The van der Waals surface area contributed by atoms with Gasteiger partial charge in [-0.25, -0.2) is 4.98 Å². The summed E-state index contributed by atoms with van der Waals surface area (Å²) in [5, 5.41) is 2.39. The molecule has 0 spiro atoms. The van der Waals surface area contributed by atoms with Crippen LogP contribution in [-0.4, -0.2) is 31.5 Å². The van der Waals surface area contributed by atoms with Crippen LogP contribution >= 0.6 is 11.3 Å². The van der Waals surface area contributed by atoms with Crippen molar-refractivity contribution in [2.75, 3.05) is 5.73 Å². The number of nitrogens with zero attached hydrogens (tertiary/aromatic N) is 1. The van der Waals surface area contributed by atoms with E-state index in [9.17, 15) is 16.8 Å². The molecular weight excluding hydrogens is 344 g/mol. The van der Waals surface area contributed by atoms with Crippen molar-refractivity contribution in [3.8, 4) is 10.6 Å².